The molecule has 0 radical (unpaired) electrons. The molecule has 1 N–H and O–H groups in total. The van der Waals surface area contributed by atoms with E-state index in [1.165, 1.54) is 11.1 Å². The molecular weight excluding hydrogens is 494 g/mol. The van der Waals surface area contributed by atoms with Crippen molar-refractivity contribution in [3.8, 4) is 11.3 Å². The summed E-state index contributed by atoms with van der Waals surface area (Å²) in [5.41, 5.74) is 1.22. The van der Waals surface area contributed by atoms with Gasteiger partial charge in [0.1, 0.15) is 16.6 Å². The van der Waals surface area contributed by atoms with E-state index in [0.29, 0.717) is 28.7 Å². The first-order valence-electron chi connectivity index (χ1n) is 12.1. The van der Waals surface area contributed by atoms with E-state index in [1.807, 2.05) is 4.90 Å². The van der Waals surface area contributed by atoms with Crippen molar-refractivity contribution in [2.45, 2.75) is 32.6 Å². The number of fused-ring (bicyclic) bond motifs is 1. The third kappa shape index (κ3) is 5.26. The van der Waals surface area contributed by atoms with Crippen molar-refractivity contribution in [3.63, 3.8) is 0 Å². The van der Waals surface area contributed by atoms with Gasteiger partial charge in [0.2, 0.25) is 11.1 Å². The molecule has 190 valence electrons. The number of hydrogen-bond acceptors (Lipinski definition) is 8. The molecule has 1 aromatic heterocycles. The van der Waals surface area contributed by atoms with E-state index in [4.69, 9.17) is 14.6 Å². The molecule has 37 heavy (non-hydrogen) atoms. The number of nitrogens with zero attached hydrogens (tertiary/aromatic N) is 4. The number of hydrazone groups is 1. The van der Waals surface area contributed by atoms with Gasteiger partial charge in [-0.3, -0.25) is 15.0 Å². The van der Waals surface area contributed by atoms with Gasteiger partial charge >= 0.3 is 5.97 Å². The second kappa shape index (κ2) is 10.6. The second-order valence-electron chi connectivity index (χ2n) is 8.63. The summed E-state index contributed by atoms with van der Waals surface area (Å²) in [5.74, 6) is -0.186. The van der Waals surface area contributed by atoms with Crippen LogP contribution in [0.4, 0.5) is 0 Å². The highest BCUT2D eigenvalue weighted by atomic mass is 32.2. The van der Waals surface area contributed by atoms with Crippen LogP contribution in [0.5, 0.6) is 0 Å². The van der Waals surface area contributed by atoms with E-state index in [2.05, 4.69) is 10.1 Å². The number of esters is 1. The Morgan fingerprint density at radius 2 is 1.89 bits per heavy atom. The van der Waals surface area contributed by atoms with E-state index in [-0.39, 0.29) is 28.9 Å². The van der Waals surface area contributed by atoms with Gasteiger partial charge in [0.15, 0.2) is 5.84 Å². The van der Waals surface area contributed by atoms with Crippen LogP contribution in [0.1, 0.15) is 48.7 Å². The van der Waals surface area contributed by atoms with Gasteiger partial charge < -0.3 is 14.1 Å². The topological polar surface area (TPSA) is 129 Å². The van der Waals surface area contributed by atoms with Crippen molar-refractivity contribution in [1.82, 2.24) is 9.91 Å². The van der Waals surface area contributed by atoms with Gasteiger partial charge in [0.05, 0.1) is 24.2 Å². The molecule has 2 aromatic rings. The first-order valence-corrected chi connectivity index (χ1v) is 12.9. The fourth-order valence-corrected chi connectivity index (χ4v) is 5.08. The van der Waals surface area contributed by atoms with E-state index in [0.717, 1.165) is 49.7 Å². The van der Waals surface area contributed by atoms with Crippen LogP contribution in [0, 0.1) is 5.41 Å². The maximum absolute atomic E-state index is 12.7. The monoisotopic (exact) mass is 519 g/mol. The number of thioether (sulfide) groups is 1. The van der Waals surface area contributed by atoms with E-state index in [1.54, 1.807) is 43.3 Å². The van der Waals surface area contributed by atoms with Gasteiger partial charge in [-0.05, 0) is 68.3 Å². The van der Waals surface area contributed by atoms with Crippen molar-refractivity contribution in [1.29, 1.82) is 5.41 Å². The van der Waals surface area contributed by atoms with Crippen LogP contribution in [-0.2, 0) is 14.3 Å². The SMILES string of the molecule is CCOC(=O)c1ccc(-c2ccc(C=C3C(=N)N4N=C(CC(=O)N5CCCCC5)SC4=NC3=O)o2)cc1. The van der Waals surface area contributed by atoms with Crippen molar-refractivity contribution in [3.05, 3.63) is 53.3 Å². The Hall–Kier alpha value is -3.99. The first-order chi connectivity index (χ1) is 17.9. The number of rotatable bonds is 6. The summed E-state index contributed by atoms with van der Waals surface area (Å²) in [5, 5.41) is 15.0. The zero-order valence-corrected chi connectivity index (χ0v) is 21.0. The third-order valence-electron chi connectivity index (χ3n) is 6.10. The minimum atomic E-state index is -0.570. The lowest BCUT2D eigenvalue weighted by Crippen LogP contribution is -2.36. The Balaban J connectivity index is 1.29. The lowest BCUT2D eigenvalue weighted by atomic mass is 10.1. The molecule has 0 aliphatic carbocycles. The molecule has 0 unspecified atom stereocenters. The summed E-state index contributed by atoms with van der Waals surface area (Å²) >= 11 is 1.14. The van der Waals surface area contributed by atoms with Crippen molar-refractivity contribution < 1.29 is 23.5 Å². The average molecular weight is 520 g/mol. The highest BCUT2D eigenvalue weighted by Crippen LogP contribution is 2.31. The lowest BCUT2D eigenvalue weighted by Gasteiger charge is -2.26. The molecule has 10 nitrogen and oxygen atoms in total. The summed E-state index contributed by atoms with van der Waals surface area (Å²) in [7, 11) is 0. The number of likely N-dealkylation sites (tertiary alicyclic amines) is 1. The van der Waals surface area contributed by atoms with Gasteiger partial charge in [-0.1, -0.05) is 12.1 Å². The zero-order chi connectivity index (χ0) is 25.9. The van der Waals surface area contributed by atoms with Crippen LogP contribution >= 0.6 is 11.8 Å². The van der Waals surface area contributed by atoms with Gasteiger partial charge in [-0.25, -0.2) is 4.79 Å². The van der Waals surface area contributed by atoms with Crippen LogP contribution in [-0.4, -0.2) is 63.4 Å². The summed E-state index contributed by atoms with van der Waals surface area (Å²) in [6.07, 6.45) is 4.73. The molecule has 5 rings (SSSR count). The van der Waals surface area contributed by atoms with Crippen LogP contribution in [0.15, 0.2) is 56.5 Å². The highest BCUT2D eigenvalue weighted by molar-refractivity contribution is 8.27. The van der Waals surface area contributed by atoms with Gasteiger partial charge in [-0.2, -0.15) is 15.1 Å². The number of amides is 2. The first kappa shape index (κ1) is 24.7. The van der Waals surface area contributed by atoms with Crippen LogP contribution < -0.4 is 0 Å². The summed E-state index contributed by atoms with van der Waals surface area (Å²) < 4.78 is 10.9. The number of carbonyl (C=O) groups is 3. The molecule has 0 atom stereocenters. The average Bonchev–Trinajstić information content (AvgIpc) is 3.54. The van der Waals surface area contributed by atoms with E-state index in [9.17, 15) is 14.4 Å². The van der Waals surface area contributed by atoms with E-state index >= 15 is 0 Å². The Labute approximate surface area is 217 Å². The Morgan fingerprint density at radius 3 is 2.62 bits per heavy atom. The molecule has 1 aromatic carbocycles. The Kier molecular flexibility index (Phi) is 7.04. The molecule has 1 saturated heterocycles. The predicted octanol–water partition coefficient (Wildman–Crippen LogP) is 4.15. The molecule has 4 heterocycles. The summed E-state index contributed by atoms with van der Waals surface area (Å²) in [6.45, 7) is 3.56. The standard InChI is InChI=1S/C26H25N5O5S/c1-2-35-25(34)17-8-6-16(7-9-17)20-11-10-18(36-20)14-19-23(27)31-26(28-24(19)33)37-21(29-31)15-22(32)30-12-4-3-5-13-30/h6-11,14,27H,2-5,12-13,15H2,1H3. The van der Waals surface area contributed by atoms with Crippen molar-refractivity contribution >= 4 is 51.7 Å². The number of benzene rings is 1. The van der Waals surface area contributed by atoms with Crippen molar-refractivity contribution in [2.75, 3.05) is 19.7 Å². The molecule has 2 amide bonds. The van der Waals surface area contributed by atoms with Gasteiger partial charge in [0.25, 0.3) is 5.91 Å². The minimum absolute atomic E-state index is 0.00146. The Morgan fingerprint density at radius 1 is 1.14 bits per heavy atom. The number of piperidine rings is 1. The van der Waals surface area contributed by atoms with Crippen LogP contribution in [0.3, 0.4) is 0 Å². The fourth-order valence-electron chi connectivity index (χ4n) is 4.20. The maximum atomic E-state index is 12.7. The smallest absolute Gasteiger partial charge is 0.338 e. The van der Waals surface area contributed by atoms with E-state index < -0.39 is 11.9 Å². The van der Waals surface area contributed by atoms with Gasteiger partial charge in [-0.15, -0.1) is 0 Å². The lowest BCUT2D eigenvalue weighted by molar-refractivity contribution is -0.130. The van der Waals surface area contributed by atoms with Crippen molar-refractivity contribution in [2.24, 2.45) is 10.1 Å². The molecule has 3 aliphatic rings. The number of furan rings is 1. The molecular formula is C26H25N5O5S. The Bertz CT molecular complexity index is 1350. The third-order valence-corrected chi connectivity index (χ3v) is 7.01. The minimum Gasteiger partial charge on any atom is -0.462 e. The summed E-state index contributed by atoms with van der Waals surface area (Å²) in [6, 6.07) is 10.2. The summed E-state index contributed by atoms with van der Waals surface area (Å²) in [4.78, 5) is 43.1. The van der Waals surface area contributed by atoms with Crippen LogP contribution in [0.2, 0.25) is 0 Å². The maximum Gasteiger partial charge on any atom is 0.338 e. The molecule has 0 spiro atoms. The number of carbonyl (C=O) groups excluding carboxylic acids is 3. The zero-order valence-electron chi connectivity index (χ0n) is 20.2. The van der Waals surface area contributed by atoms with Gasteiger partial charge in [0, 0.05) is 18.7 Å². The number of nitrogens with one attached hydrogen (secondary N) is 1. The number of hydrogen-bond donors (Lipinski definition) is 1. The quantitative estimate of drug-likeness (QED) is 0.448. The number of ether oxygens (including phenoxy) is 1. The highest BCUT2D eigenvalue weighted by Gasteiger charge is 2.36. The molecule has 1 fully saturated rings. The van der Waals surface area contributed by atoms with Crippen LogP contribution in [0.25, 0.3) is 17.4 Å². The molecule has 3 aliphatic heterocycles. The predicted molar refractivity (Wildman–Crippen MR) is 140 cm³/mol. The molecule has 11 heteroatoms. The second-order valence-corrected chi connectivity index (χ2v) is 9.67. The molecule has 0 bridgehead atoms. The normalized spacial score (nSPS) is 18.6. The molecule has 0 saturated carbocycles. The fraction of sp³-hybridized carbons (Fsp3) is 0.308. The largest absolute Gasteiger partial charge is 0.462 e. The number of aliphatic imine (C=N–C) groups is 1. The number of amidine groups is 2.